The molecule has 3 rings (SSSR count). The highest BCUT2D eigenvalue weighted by Crippen LogP contribution is 2.28. The number of hydrogen-bond acceptors (Lipinski definition) is 2. The zero-order valence-corrected chi connectivity index (χ0v) is 15.2. The second-order valence-corrected chi connectivity index (χ2v) is 7.08. The second-order valence-electron chi connectivity index (χ2n) is 7.08. The lowest BCUT2D eigenvalue weighted by atomic mass is 9.85. The summed E-state index contributed by atoms with van der Waals surface area (Å²) >= 11 is 0. The van der Waals surface area contributed by atoms with Gasteiger partial charge in [-0.15, -0.1) is 12.4 Å². The van der Waals surface area contributed by atoms with Gasteiger partial charge in [0.05, 0.1) is 0 Å². The molecule has 2 unspecified atom stereocenters. The number of piperidine rings is 1. The maximum atomic E-state index is 13.6. The highest BCUT2D eigenvalue weighted by molar-refractivity contribution is 5.85. The summed E-state index contributed by atoms with van der Waals surface area (Å²) in [5.74, 6) is -1.40. The van der Waals surface area contributed by atoms with Crippen LogP contribution in [0.1, 0.15) is 56.4 Å². The van der Waals surface area contributed by atoms with Gasteiger partial charge in [0, 0.05) is 24.4 Å². The predicted molar refractivity (Wildman–Crippen MR) is 97.0 cm³/mol. The molecule has 1 aromatic rings. The van der Waals surface area contributed by atoms with Crippen LogP contribution in [-0.2, 0) is 4.79 Å². The van der Waals surface area contributed by atoms with Crippen molar-refractivity contribution >= 4 is 18.3 Å². The molecule has 0 spiro atoms. The molecule has 2 fully saturated rings. The van der Waals surface area contributed by atoms with Crippen LogP contribution < -0.4 is 10.6 Å². The fourth-order valence-electron chi connectivity index (χ4n) is 3.99. The average molecular weight is 373 g/mol. The highest BCUT2D eigenvalue weighted by atomic mass is 35.5. The minimum Gasteiger partial charge on any atom is -0.351 e. The summed E-state index contributed by atoms with van der Waals surface area (Å²) in [5.41, 5.74) is 0.765. The van der Waals surface area contributed by atoms with Crippen LogP contribution >= 0.6 is 12.4 Å². The van der Waals surface area contributed by atoms with Crippen LogP contribution in [0.4, 0.5) is 8.78 Å². The van der Waals surface area contributed by atoms with Crippen molar-refractivity contribution in [3.05, 3.63) is 35.4 Å². The van der Waals surface area contributed by atoms with Crippen molar-refractivity contribution in [3.8, 4) is 0 Å². The number of amides is 1. The summed E-state index contributed by atoms with van der Waals surface area (Å²) in [6.45, 7) is 1.49. The maximum absolute atomic E-state index is 13.6. The molecule has 0 radical (unpaired) electrons. The third-order valence-corrected chi connectivity index (χ3v) is 5.41. The average Bonchev–Trinajstić information content (AvgIpc) is 2.87. The van der Waals surface area contributed by atoms with E-state index in [0.29, 0.717) is 6.54 Å². The molecule has 140 valence electrons. The quantitative estimate of drug-likeness (QED) is 0.789. The number of rotatable bonds is 3. The zero-order valence-electron chi connectivity index (χ0n) is 14.4. The normalized spacial score (nSPS) is 24.9. The Morgan fingerprint density at radius 3 is 2.44 bits per heavy atom. The van der Waals surface area contributed by atoms with Gasteiger partial charge < -0.3 is 10.6 Å². The fourth-order valence-corrected chi connectivity index (χ4v) is 3.99. The first-order valence-electron chi connectivity index (χ1n) is 9.11. The molecule has 1 aromatic carbocycles. The molecule has 1 aliphatic carbocycles. The molecule has 2 aliphatic rings. The predicted octanol–water partition coefficient (Wildman–Crippen LogP) is 3.92. The van der Waals surface area contributed by atoms with E-state index in [1.165, 1.54) is 25.0 Å². The third kappa shape index (κ3) is 5.14. The minimum absolute atomic E-state index is 0. The van der Waals surface area contributed by atoms with E-state index in [-0.39, 0.29) is 36.2 Å². The first-order chi connectivity index (χ1) is 11.6. The Hall–Kier alpha value is -1.20. The molecule has 1 saturated carbocycles. The van der Waals surface area contributed by atoms with E-state index in [0.717, 1.165) is 44.2 Å². The van der Waals surface area contributed by atoms with E-state index < -0.39 is 11.6 Å². The third-order valence-electron chi connectivity index (χ3n) is 5.41. The standard InChI is InChI=1S/C19H26F2N2O.ClH/c20-16-8-7-14(11-17(16)21)15-9-10-22-12-18(15)23-19(24)13-5-3-1-2-4-6-13;/h7-8,11,13,15,18,22H,1-6,9-10,12H2,(H,23,24);1H. The molecule has 25 heavy (non-hydrogen) atoms. The second kappa shape index (κ2) is 9.48. The van der Waals surface area contributed by atoms with E-state index in [2.05, 4.69) is 10.6 Å². The molecule has 0 aromatic heterocycles. The molecule has 2 atom stereocenters. The van der Waals surface area contributed by atoms with Crippen LogP contribution in [-0.4, -0.2) is 25.0 Å². The van der Waals surface area contributed by atoms with Crippen LogP contribution in [0.25, 0.3) is 0 Å². The summed E-state index contributed by atoms with van der Waals surface area (Å²) in [4.78, 5) is 12.6. The van der Waals surface area contributed by atoms with Crippen molar-refractivity contribution in [2.24, 2.45) is 5.92 Å². The number of halogens is 3. The molecule has 1 amide bonds. The first kappa shape index (κ1) is 20.1. The lowest BCUT2D eigenvalue weighted by molar-refractivity contribution is -0.126. The van der Waals surface area contributed by atoms with Gasteiger partial charge in [-0.2, -0.15) is 0 Å². The summed E-state index contributed by atoms with van der Waals surface area (Å²) in [6.07, 6.45) is 7.39. The van der Waals surface area contributed by atoms with Gasteiger partial charge in [-0.05, 0) is 43.5 Å². The largest absolute Gasteiger partial charge is 0.351 e. The Morgan fingerprint density at radius 1 is 1.04 bits per heavy atom. The molecule has 6 heteroatoms. The van der Waals surface area contributed by atoms with Gasteiger partial charge in [0.15, 0.2) is 11.6 Å². The fraction of sp³-hybridized carbons (Fsp3) is 0.632. The van der Waals surface area contributed by atoms with Crippen molar-refractivity contribution in [3.63, 3.8) is 0 Å². The number of hydrogen-bond donors (Lipinski definition) is 2. The lowest BCUT2D eigenvalue weighted by Crippen LogP contribution is -2.51. The topological polar surface area (TPSA) is 41.1 Å². The van der Waals surface area contributed by atoms with Crippen LogP contribution in [0, 0.1) is 17.6 Å². The summed E-state index contributed by atoms with van der Waals surface area (Å²) in [5, 5.41) is 6.48. The van der Waals surface area contributed by atoms with Gasteiger partial charge in [-0.1, -0.05) is 31.7 Å². The van der Waals surface area contributed by atoms with Crippen molar-refractivity contribution in [1.82, 2.24) is 10.6 Å². The van der Waals surface area contributed by atoms with Crippen LogP contribution in [0.3, 0.4) is 0 Å². The van der Waals surface area contributed by atoms with Crippen molar-refractivity contribution in [2.45, 2.75) is 56.9 Å². The van der Waals surface area contributed by atoms with Gasteiger partial charge >= 0.3 is 0 Å². The molecule has 0 bridgehead atoms. The molecule has 1 aliphatic heterocycles. The zero-order chi connectivity index (χ0) is 16.9. The highest BCUT2D eigenvalue weighted by Gasteiger charge is 2.30. The van der Waals surface area contributed by atoms with Crippen LogP contribution in [0.2, 0.25) is 0 Å². The van der Waals surface area contributed by atoms with E-state index >= 15 is 0 Å². The molecule has 2 N–H and O–H groups in total. The SMILES string of the molecule is Cl.O=C(NC1CNCCC1c1ccc(F)c(F)c1)C1CCCCCC1. The van der Waals surface area contributed by atoms with Gasteiger partial charge in [0.2, 0.25) is 5.91 Å². The van der Waals surface area contributed by atoms with Gasteiger partial charge in [0.25, 0.3) is 0 Å². The summed E-state index contributed by atoms with van der Waals surface area (Å²) in [7, 11) is 0. The Morgan fingerprint density at radius 2 is 1.76 bits per heavy atom. The van der Waals surface area contributed by atoms with Crippen molar-refractivity contribution in [2.75, 3.05) is 13.1 Å². The van der Waals surface area contributed by atoms with E-state index in [1.54, 1.807) is 6.07 Å². The first-order valence-corrected chi connectivity index (χ1v) is 9.11. The van der Waals surface area contributed by atoms with Crippen LogP contribution in [0.15, 0.2) is 18.2 Å². The van der Waals surface area contributed by atoms with E-state index in [1.807, 2.05) is 0 Å². The summed E-state index contributed by atoms with van der Waals surface area (Å²) < 4.78 is 26.8. The van der Waals surface area contributed by atoms with Gasteiger partial charge in [-0.3, -0.25) is 4.79 Å². The summed E-state index contributed by atoms with van der Waals surface area (Å²) in [6, 6.07) is 4.02. The Kier molecular flexibility index (Phi) is 7.63. The van der Waals surface area contributed by atoms with Gasteiger partial charge in [0.1, 0.15) is 0 Å². The maximum Gasteiger partial charge on any atom is 0.223 e. The minimum atomic E-state index is -0.827. The van der Waals surface area contributed by atoms with Crippen molar-refractivity contribution in [1.29, 1.82) is 0 Å². The smallest absolute Gasteiger partial charge is 0.223 e. The number of benzene rings is 1. The Balaban J connectivity index is 0.00000225. The van der Waals surface area contributed by atoms with Crippen molar-refractivity contribution < 1.29 is 13.6 Å². The lowest BCUT2D eigenvalue weighted by Gasteiger charge is -2.34. The monoisotopic (exact) mass is 372 g/mol. The van der Waals surface area contributed by atoms with Gasteiger partial charge in [-0.25, -0.2) is 8.78 Å². The molecule has 3 nitrogen and oxygen atoms in total. The number of nitrogens with one attached hydrogen (secondary N) is 2. The van der Waals surface area contributed by atoms with E-state index in [4.69, 9.17) is 0 Å². The van der Waals surface area contributed by atoms with Crippen LogP contribution in [0.5, 0.6) is 0 Å². The molecular weight excluding hydrogens is 346 g/mol. The Bertz CT molecular complexity index is 577. The number of carbonyl (C=O) groups is 1. The molecular formula is C19H27ClF2N2O. The van der Waals surface area contributed by atoms with E-state index in [9.17, 15) is 13.6 Å². The molecule has 1 saturated heterocycles. The molecule has 1 heterocycles. The Labute approximate surface area is 154 Å². The number of carbonyl (C=O) groups excluding carboxylic acids is 1.